The molecule has 0 saturated heterocycles. The summed E-state index contributed by atoms with van der Waals surface area (Å²) in [5.74, 6) is 0.938. The Hall–Kier alpha value is -2.22. The first-order chi connectivity index (χ1) is 9.79. The molecule has 0 spiro atoms. The van der Waals surface area contributed by atoms with E-state index in [1.807, 2.05) is 42.5 Å². The van der Waals surface area contributed by atoms with Gasteiger partial charge >= 0.3 is 0 Å². The van der Waals surface area contributed by atoms with E-state index >= 15 is 0 Å². The molecule has 0 unspecified atom stereocenters. The lowest BCUT2D eigenvalue weighted by Crippen LogP contribution is -1.97. The molecule has 2 aromatic carbocycles. The van der Waals surface area contributed by atoms with E-state index in [1.54, 1.807) is 0 Å². The number of hydrogen-bond acceptors (Lipinski definition) is 2. The van der Waals surface area contributed by atoms with Crippen LogP contribution in [0.15, 0.2) is 48.5 Å². The van der Waals surface area contributed by atoms with Crippen LogP contribution in [0.4, 0.5) is 5.69 Å². The molecular formula is C18H21NO. The van der Waals surface area contributed by atoms with Crippen molar-refractivity contribution in [1.29, 1.82) is 0 Å². The third kappa shape index (κ3) is 4.16. The summed E-state index contributed by atoms with van der Waals surface area (Å²) in [7, 11) is 0. The lowest BCUT2D eigenvalue weighted by Gasteiger charge is -2.08. The summed E-state index contributed by atoms with van der Waals surface area (Å²) in [6.45, 7) is 2.93. The normalized spacial score (nSPS) is 10.8. The number of nitrogen functional groups attached to an aromatic ring is 1. The first-order valence-electron chi connectivity index (χ1n) is 7.05. The van der Waals surface area contributed by atoms with E-state index in [-0.39, 0.29) is 0 Å². The highest BCUT2D eigenvalue weighted by molar-refractivity contribution is 5.73. The van der Waals surface area contributed by atoms with Crippen molar-refractivity contribution in [2.45, 2.75) is 19.8 Å². The van der Waals surface area contributed by atoms with Crippen LogP contribution in [0.3, 0.4) is 0 Å². The highest BCUT2D eigenvalue weighted by Gasteiger charge is 1.99. The monoisotopic (exact) mass is 267 g/mol. The summed E-state index contributed by atoms with van der Waals surface area (Å²) in [4.78, 5) is 0. The highest BCUT2D eigenvalue weighted by atomic mass is 16.5. The summed E-state index contributed by atoms with van der Waals surface area (Å²) < 4.78 is 5.81. The number of unbranched alkanes of at least 4 members (excludes halogenated alkanes) is 1. The van der Waals surface area contributed by atoms with Gasteiger partial charge in [-0.1, -0.05) is 55.8 Å². The fraction of sp³-hybridized carbons (Fsp3) is 0.222. The number of nitrogens with two attached hydrogens (primary N) is 1. The largest absolute Gasteiger partial charge is 0.493 e. The fourth-order valence-electron chi connectivity index (χ4n) is 1.87. The molecule has 20 heavy (non-hydrogen) atoms. The van der Waals surface area contributed by atoms with Crippen LogP contribution in [0.5, 0.6) is 5.75 Å². The summed E-state index contributed by atoms with van der Waals surface area (Å²) in [5.41, 5.74) is 8.69. The van der Waals surface area contributed by atoms with Gasteiger partial charge in [-0.15, -0.1) is 0 Å². The van der Waals surface area contributed by atoms with Gasteiger partial charge in [0.25, 0.3) is 0 Å². The molecule has 0 aliphatic heterocycles. The molecule has 0 fully saturated rings. The SMILES string of the molecule is CCCCOc1ccccc1C=Cc1ccc(N)cc1. The molecule has 2 heteroatoms. The van der Waals surface area contributed by atoms with Crippen molar-refractivity contribution in [2.24, 2.45) is 0 Å². The van der Waals surface area contributed by atoms with Crippen LogP contribution in [0.25, 0.3) is 12.2 Å². The van der Waals surface area contributed by atoms with E-state index in [1.165, 1.54) is 0 Å². The van der Waals surface area contributed by atoms with Crippen LogP contribution in [-0.2, 0) is 0 Å². The lowest BCUT2D eigenvalue weighted by molar-refractivity contribution is 0.309. The maximum Gasteiger partial charge on any atom is 0.126 e. The smallest absolute Gasteiger partial charge is 0.126 e. The molecule has 0 saturated carbocycles. The Bertz CT molecular complexity index is 558. The van der Waals surface area contributed by atoms with Gasteiger partial charge in [-0.2, -0.15) is 0 Å². The van der Waals surface area contributed by atoms with Gasteiger partial charge in [0.05, 0.1) is 6.61 Å². The van der Waals surface area contributed by atoms with Crippen molar-refractivity contribution in [2.75, 3.05) is 12.3 Å². The van der Waals surface area contributed by atoms with Gasteiger partial charge < -0.3 is 10.5 Å². The fourth-order valence-corrected chi connectivity index (χ4v) is 1.87. The van der Waals surface area contributed by atoms with Gasteiger partial charge in [-0.05, 0) is 30.2 Å². The van der Waals surface area contributed by atoms with Crippen molar-refractivity contribution in [3.05, 3.63) is 59.7 Å². The predicted octanol–water partition coefficient (Wildman–Crippen LogP) is 4.62. The number of rotatable bonds is 6. The number of anilines is 1. The van der Waals surface area contributed by atoms with Gasteiger partial charge in [0.1, 0.15) is 5.75 Å². The van der Waals surface area contributed by atoms with E-state index in [9.17, 15) is 0 Å². The third-order valence-corrected chi connectivity index (χ3v) is 3.07. The Morgan fingerprint density at radius 3 is 2.50 bits per heavy atom. The quantitative estimate of drug-likeness (QED) is 0.471. The van der Waals surface area contributed by atoms with E-state index in [0.717, 1.165) is 42.0 Å². The van der Waals surface area contributed by atoms with E-state index in [4.69, 9.17) is 10.5 Å². The number of para-hydroxylation sites is 1. The average Bonchev–Trinajstić information content (AvgIpc) is 2.48. The molecule has 104 valence electrons. The van der Waals surface area contributed by atoms with Crippen LogP contribution < -0.4 is 10.5 Å². The molecule has 2 nitrogen and oxygen atoms in total. The maximum atomic E-state index is 5.81. The van der Waals surface area contributed by atoms with E-state index in [2.05, 4.69) is 25.1 Å². The molecule has 2 rings (SSSR count). The van der Waals surface area contributed by atoms with Crippen LogP contribution in [-0.4, -0.2) is 6.61 Å². The van der Waals surface area contributed by atoms with Crippen molar-refractivity contribution >= 4 is 17.8 Å². The molecule has 0 aliphatic carbocycles. The zero-order valence-corrected chi connectivity index (χ0v) is 11.9. The second kappa shape index (κ2) is 7.39. The zero-order valence-electron chi connectivity index (χ0n) is 11.9. The first kappa shape index (κ1) is 14.2. The number of benzene rings is 2. The lowest BCUT2D eigenvalue weighted by atomic mass is 10.1. The first-order valence-corrected chi connectivity index (χ1v) is 7.05. The summed E-state index contributed by atoms with van der Waals surface area (Å²) in [6, 6.07) is 15.9. The molecular weight excluding hydrogens is 246 g/mol. The third-order valence-electron chi connectivity index (χ3n) is 3.07. The van der Waals surface area contributed by atoms with Gasteiger partial charge in [-0.25, -0.2) is 0 Å². The Labute approximate surface area is 120 Å². The molecule has 0 aromatic heterocycles. The Morgan fingerprint density at radius 1 is 1.00 bits per heavy atom. The number of ether oxygens (including phenoxy) is 1. The van der Waals surface area contributed by atoms with Crippen LogP contribution >= 0.6 is 0 Å². The Morgan fingerprint density at radius 2 is 1.75 bits per heavy atom. The molecule has 0 aliphatic rings. The van der Waals surface area contributed by atoms with Crippen molar-refractivity contribution in [3.8, 4) is 5.75 Å². The van der Waals surface area contributed by atoms with Crippen molar-refractivity contribution < 1.29 is 4.74 Å². The van der Waals surface area contributed by atoms with E-state index < -0.39 is 0 Å². The van der Waals surface area contributed by atoms with Crippen LogP contribution in [0.2, 0.25) is 0 Å². The van der Waals surface area contributed by atoms with E-state index in [0.29, 0.717) is 0 Å². The van der Waals surface area contributed by atoms with Crippen LogP contribution in [0.1, 0.15) is 30.9 Å². The molecule has 0 atom stereocenters. The molecule has 0 bridgehead atoms. The van der Waals surface area contributed by atoms with Gasteiger partial charge in [0, 0.05) is 11.3 Å². The summed E-state index contributed by atoms with van der Waals surface area (Å²) >= 11 is 0. The summed E-state index contributed by atoms with van der Waals surface area (Å²) in [6.07, 6.45) is 6.37. The van der Waals surface area contributed by atoms with Crippen LogP contribution in [0, 0.1) is 0 Å². The van der Waals surface area contributed by atoms with Gasteiger partial charge in [0.2, 0.25) is 0 Å². The summed E-state index contributed by atoms with van der Waals surface area (Å²) in [5, 5.41) is 0. The van der Waals surface area contributed by atoms with Crippen molar-refractivity contribution in [3.63, 3.8) is 0 Å². The molecule has 2 N–H and O–H groups in total. The molecule has 2 aromatic rings. The minimum atomic E-state index is 0.767. The Balaban J connectivity index is 2.10. The standard InChI is InChI=1S/C18H21NO/c1-2-3-14-20-18-7-5-4-6-16(18)11-8-15-9-12-17(19)13-10-15/h4-13H,2-3,14,19H2,1H3. The second-order valence-corrected chi connectivity index (χ2v) is 4.74. The molecule has 0 radical (unpaired) electrons. The van der Waals surface area contributed by atoms with Gasteiger partial charge in [0.15, 0.2) is 0 Å². The van der Waals surface area contributed by atoms with Gasteiger partial charge in [-0.3, -0.25) is 0 Å². The predicted molar refractivity (Wildman–Crippen MR) is 86.6 cm³/mol. The van der Waals surface area contributed by atoms with Crippen molar-refractivity contribution in [1.82, 2.24) is 0 Å². The highest BCUT2D eigenvalue weighted by Crippen LogP contribution is 2.21. The maximum absolute atomic E-state index is 5.81. The molecule has 0 amide bonds. The second-order valence-electron chi connectivity index (χ2n) is 4.74. The molecule has 0 heterocycles. The topological polar surface area (TPSA) is 35.2 Å². The Kier molecular flexibility index (Phi) is 5.24. The minimum absolute atomic E-state index is 0.767. The minimum Gasteiger partial charge on any atom is -0.493 e. The average molecular weight is 267 g/mol. The number of hydrogen-bond donors (Lipinski definition) is 1. The zero-order chi connectivity index (χ0) is 14.2.